The van der Waals surface area contributed by atoms with E-state index in [1.807, 2.05) is 4.90 Å². The van der Waals surface area contributed by atoms with Crippen LogP contribution in [0.4, 0.5) is 4.39 Å². The van der Waals surface area contributed by atoms with E-state index in [-0.39, 0.29) is 17.5 Å². The number of rotatable bonds is 8. The van der Waals surface area contributed by atoms with Crippen molar-refractivity contribution < 1.29 is 9.18 Å². The standard InChI is InChI=1S/C17H22FN5OS/c1-2-9-22(10-12-3-4-12)15(24)11-25-17-21-20-16(23(17)19)13-5-7-14(18)8-6-13/h5-8,12H,2-4,9-11,19H2,1H3. The van der Waals surface area contributed by atoms with Crippen LogP contribution in [0.3, 0.4) is 0 Å². The SMILES string of the molecule is CCCN(CC1CC1)C(=O)CSc1nnc(-c2ccc(F)cc2)n1N. The monoisotopic (exact) mass is 363 g/mol. The summed E-state index contributed by atoms with van der Waals surface area (Å²) in [7, 11) is 0. The second kappa shape index (κ2) is 7.86. The quantitative estimate of drug-likeness (QED) is 0.576. The van der Waals surface area contributed by atoms with Gasteiger partial charge < -0.3 is 10.7 Å². The van der Waals surface area contributed by atoms with Crippen molar-refractivity contribution in [3.63, 3.8) is 0 Å². The number of hydrogen-bond acceptors (Lipinski definition) is 5. The Labute approximate surface area is 150 Å². The third-order valence-electron chi connectivity index (χ3n) is 4.11. The number of carbonyl (C=O) groups is 1. The maximum absolute atomic E-state index is 13.0. The third-order valence-corrected chi connectivity index (χ3v) is 5.04. The van der Waals surface area contributed by atoms with E-state index in [2.05, 4.69) is 17.1 Å². The Morgan fingerprint density at radius 1 is 1.36 bits per heavy atom. The van der Waals surface area contributed by atoms with Gasteiger partial charge in [-0.2, -0.15) is 0 Å². The van der Waals surface area contributed by atoms with E-state index >= 15 is 0 Å². The Morgan fingerprint density at radius 3 is 2.72 bits per heavy atom. The van der Waals surface area contributed by atoms with Gasteiger partial charge in [-0.15, -0.1) is 10.2 Å². The fourth-order valence-corrected chi connectivity index (χ4v) is 3.35. The summed E-state index contributed by atoms with van der Waals surface area (Å²) >= 11 is 1.27. The number of halogens is 1. The van der Waals surface area contributed by atoms with Crippen LogP contribution < -0.4 is 5.84 Å². The molecule has 2 aromatic rings. The van der Waals surface area contributed by atoms with Crippen molar-refractivity contribution in [3.05, 3.63) is 30.1 Å². The van der Waals surface area contributed by atoms with E-state index in [1.54, 1.807) is 12.1 Å². The molecule has 1 aromatic carbocycles. The van der Waals surface area contributed by atoms with Crippen LogP contribution in [0.25, 0.3) is 11.4 Å². The van der Waals surface area contributed by atoms with Gasteiger partial charge in [-0.25, -0.2) is 9.07 Å². The minimum absolute atomic E-state index is 0.102. The predicted octanol–water partition coefficient (Wildman–Crippen LogP) is 2.54. The van der Waals surface area contributed by atoms with Crippen LogP contribution in [0.15, 0.2) is 29.4 Å². The molecule has 1 aromatic heterocycles. The first-order chi connectivity index (χ1) is 12.1. The highest BCUT2D eigenvalue weighted by atomic mass is 32.2. The first kappa shape index (κ1) is 17.7. The molecule has 0 saturated heterocycles. The van der Waals surface area contributed by atoms with Gasteiger partial charge in [0.15, 0.2) is 5.82 Å². The molecule has 1 aliphatic rings. The van der Waals surface area contributed by atoms with E-state index in [0.717, 1.165) is 19.5 Å². The maximum Gasteiger partial charge on any atom is 0.233 e. The molecule has 0 aliphatic heterocycles. The first-order valence-electron chi connectivity index (χ1n) is 8.45. The molecule has 1 aliphatic carbocycles. The molecular formula is C17H22FN5OS. The van der Waals surface area contributed by atoms with Gasteiger partial charge in [0.1, 0.15) is 5.82 Å². The zero-order valence-corrected chi connectivity index (χ0v) is 15.0. The Kier molecular flexibility index (Phi) is 5.57. The second-order valence-electron chi connectivity index (χ2n) is 6.25. The van der Waals surface area contributed by atoms with Gasteiger partial charge in [0.2, 0.25) is 11.1 Å². The van der Waals surface area contributed by atoms with Crippen molar-refractivity contribution >= 4 is 17.7 Å². The molecule has 0 atom stereocenters. The number of amides is 1. The van der Waals surface area contributed by atoms with Crippen molar-refractivity contribution in [3.8, 4) is 11.4 Å². The zero-order chi connectivity index (χ0) is 17.8. The number of benzene rings is 1. The van der Waals surface area contributed by atoms with Gasteiger partial charge >= 0.3 is 0 Å². The summed E-state index contributed by atoms with van der Waals surface area (Å²) in [5.41, 5.74) is 0.677. The molecule has 3 rings (SSSR count). The van der Waals surface area contributed by atoms with Crippen molar-refractivity contribution in [1.29, 1.82) is 0 Å². The van der Waals surface area contributed by atoms with Crippen LogP contribution in [0.5, 0.6) is 0 Å². The number of carbonyl (C=O) groups excluding carboxylic acids is 1. The molecule has 6 nitrogen and oxygen atoms in total. The number of thioether (sulfide) groups is 1. The van der Waals surface area contributed by atoms with E-state index in [9.17, 15) is 9.18 Å². The molecule has 1 amide bonds. The molecule has 1 heterocycles. The minimum Gasteiger partial charge on any atom is -0.342 e. The van der Waals surface area contributed by atoms with Crippen molar-refractivity contribution in [2.75, 3.05) is 24.7 Å². The Balaban J connectivity index is 1.62. The van der Waals surface area contributed by atoms with Crippen LogP contribution in [0.2, 0.25) is 0 Å². The average Bonchev–Trinajstić information content (AvgIpc) is 3.35. The summed E-state index contributed by atoms with van der Waals surface area (Å²) in [6, 6.07) is 5.89. The number of nitrogens with zero attached hydrogens (tertiary/aromatic N) is 4. The molecule has 1 saturated carbocycles. The van der Waals surface area contributed by atoms with Crippen molar-refractivity contribution in [1.82, 2.24) is 19.8 Å². The fraction of sp³-hybridized carbons (Fsp3) is 0.471. The number of nitrogens with two attached hydrogens (primary N) is 1. The van der Waals surface area contributed by atoms with E-state index in [0.29, 0.717) is 22.5 Å². The lowest BCUT2D eigenvalue weighted by Crippen LogP contribution is -2.35. The second-order valence-corrected chi connectivity index (χ2v) is 7.20. The summed E-state index contributed by atoms with van der Waals surface area (Å²) < 4.78 is 14.4. The predicted molar refractivity (Wildman–Crippen MR) is 95.9 cm³/mol. The number of aromatic nitrogens is 3. The smallest absolute Gasteiger partial charge is 0.233 e. The largest absolute Gasteiger partial charge is 0.342 e. The molecule has 134 valence electrons. The molecular weight excluding hydrogens is 341 g/mol. The highest BCUT2D eigenvalue weighted by molar-refractivity contribution is 7.99. The molecule has 8 heteroatoms. The van der Waals surface area contributed by atoms with Gasteiger partial charge in [-0.05, 0) is 49.4 Å². The van der Waals surface area contributed by atoms with Crippen LogP contribution in [0, 0.1) is 11.7 Å². The van der Waals surface area contributed by atoms with Crippen molar-refractivity contribution in [2.45, 2.75) is 31.3 Å². The fourth-order valence-electron chi connectivity index (χ4n) is 2.59. The minimum atomic E-state index is -0.321. The molecule has 1 fully saturated rings. The lowest BCUT2D eigenvalue weighted by Gasteiger charge is -2.21. The molecule has 0 spiro atoms. The van der Waals surface area contributed by atoms with Gasteiger partial charge in [0, 0.05) is 18.7 Å². The molecule has 0 unspecified atom stereocenters. The Morgan fingerprint density at radius 2 is 2.08 bits per heavy atom. The van der Waals surface area contributed by atoms with E-state index in [1.165, 1.54) is 41.4 Å². The molecule has 0 radical (unpaired) electrons. The van der Waals surface area contributed by atoms with E-state index < -0.39 is 0 Å². The van der Waals surface area contributed by atoms with Gasteiger partial charge in [0.05, 0.1) is 5.75 Å². The van der Waals surface area contributed by atoms with Crippen molar-refractivity contribution in [2.24, 2.45) is 5.92 Å². The summed E-state index contributed by atoms with van der Waals surface area (Å²) in [6.45, 7) is 3.71. The summed E-state index contributed by atoms with van der Waals surface area (Å²) in [4.78, 5) is 14.4. The Bertz CT molecular complexity index is 729. The Hall–Kier alpha value is -2.09. The van der Waals surface area contributed by atoms with Crippen LogP contribution in [-0.2, 0) is 4.79 Å². The molecule has 2 N–H and O–H groups in total. The van der Waals surface area contributed by atoms with E-state index in [4.69, 9.17) is 5.84 Å². The van der Waals surface area contributed by atoms with Gasteiger partial charge in [0.25, 0.3) is 0 Å². The zero-order valence-electron chi connectivity index (χ0n) is 14.2. The highest BCUT2D eigenvalue weighted by Crippen LogP contribution is 2.30. The topological polar surface area (TPSA) is 77.0 Å². The summed E-state index contributed by atoms with van der Waals surface area (Å²) in [5, 5.41) is 8.57. The number of nitrogen functional groups attached to an aromatic ring is 1. The summed E-state index contributed by atoms with van der Waals surface area (Å²) in [6.07, 6.45) is 3.39. The van der Waals surface area contributed by atoms with Gasteiger partial charge in [-0.1, -0.05) is 18.7 Å². The van der Waals surface area contributed by atoms with Gasteiger partial charge in [-0.3, -0.25) is 4.79 Å². The lowest BCUT2D eigenvalue weighted by atomic mass is 10.2. The lowest BCUT2D eigenvalue weighted by molar-refractivity contribution is -0.128. The summed E-state index contributed by atoms with van der Waals surface area (Å²) in [5.74, 6) is 7.21. The normalized spacial score (nSPS) is 13.8. The number of hydrogen-bond donors (Lipinski definition) is 1. The van der Waals surface area contributed by atoms with Crippen LogP contribution >= 0.6 is 11.8 Å². The first-order valence-corrected chi connectivity index (χ1v) is 9.44. The third kappa shape index (κ3) is 4.50. The average molecular weight is 363 g/mol. The van der Waals surface area contributed by atoms with Crippen LogP contribution in [-0.4, -0.2) is 44.5 Å². The maximum atomic E-state index is 13.0. The highest BCUT2D eigenvalue weighted by Gasteiger charge is 2.26. The molecule has 0 bridgehead atoms. The van der Waals surface area contributed by atoms with Crippen LogP contribution in [0.1, 0.15) is 26.2 Å². The molecule has 25 heavy (non-hydrogen) atoms.